The highest BCUT2D eigenvalue weighted by atomic mass is 16.1. The Kier molecular flexibility index (Phi) is 5.25. The van der Waals surface area contributed by atoms with Crippen LogP contribution in [0.1, 0.15) is 24.0 Å². The zero-order valence-corrected chi connectivity index (χ0v) is 11.3. The van der Waals surface area contributed by atoms with Crippen molar-refractivity contribution in [2.75, 3.05) is 6.54 Å². The van der Waals surface area contributed by atoms with Crippen LogP contribution in [0.15, 0.2) is 36.9 Å². The number of nitrogens with zero attached hydrogens (tertiary/aromatic N) is 3. The number of rotatable bonds is 7. The van der Waals surface area contributed by atoms with Crippen LogP contribution in [0.25, 0.3) is 0 Å². The quantitative estimate of drug-likeness (QED) is 0.777. The van der Waals surface area contributed by atoms with Crippen molar-refractivity contribution >= 4 is 5.91 Å². The fraction of sp³-hybridized carbons (Fsp3) is 0.357. The van der Waals surface area contributed by atoms with Gasteiger partial charge in [-0.2, -0.15) is 5.10 Å². The molecular formula is C14H19N5O. The largest absolute Gasteiger partial charge is 0.352 e. The molecule has 1 amide bonds. The van der Waals surface area contributed by atoms with Crippen LogP contribution >= 0.6 is 0 Å². The SMILES string of the molecule is NCCCC(=O)NCc1ccc(Cn2cncn2)cc1. The lowest BCUT2D eigenvalue weighted by Gasteiger charge is -2.06. The van der Waals surface area contributed by atoms with Gasteiger partial charge in [0.25, 0.3) is 0 Å². The highest BCUT2D eigenvalue weighted by molar-refractivity contribution is 5.75. The van der Waals surface area contributed by atoms with Gasteiger partial charge in [0.2, 0.25) is 5.91 Å². The number of carbonyl (C=O) groups is 1. The number of benzene rings is 1. The highest BCUT2D eigenvalue weighted by Gasteiger charge is 2.01. The van der Waals surface area contributed by atoms with E-state index in [0.29, 0.717) is 26.1 Å². The third-order valence-electron chi connectivity index (χ3n) is 2.93. The Bertz CT molecular complexity index is 521. The zero-order valence-electron chi connectivity index (χ0n) is 11.3. The molecule has 3 N–H and O–H groups in total. The Morgan fingerprint density at radius 2 is 2.00 bits per heavy atom. The topological polar surface area (TPSA) is 85.8 Å². The summed E-state index contributed by atoms with van der Waals surface area (Å²) in [5.74, 6) is 0.0437. The summed E-state index contributed by atoms with van der Waals surface area (Å²) < 4.78 is 1.77. The highest BCUT2D eigenvalue weighted by Crippen LogP contribution is 2.06. The number of hydrogen-bond acceptors (Lipinski definition) is 4. The van der Waals surface area contributed by atoms with E-state index in [0.717, 1.165) is 17.5 Å². The summed E-state index contributed by atoms with van der Waals surface area (Å²) in [6, 6.07) is 8.08. The molecule has 0 unspecified atom stereocenters. The molecule has 0 atom stereocenters. The van der Waals surface area contributed by atoms with E-state index in [1.165, 1.54) is 6.33 Å². The third-order valence-corrected chi connectivity index (χ3v) is 2.93. The Hall–Kier alpha value is -2.21. The molecule has 2 aromatic rings. The maximum Gasteiger partial charge on any atom is 0.220 e. The first kappa shape index (κ1) is 14.2. The fourth-order valence-corrected chi connectivity index (χ4v) is 1.82. The molecule has 0 aliphatic rings. The van der Waals surface area contributed by atoms with E-state index in [9.17, 15) is 4.79 Å². The second kappa shape index (κ2) is 7.40. The van der Waals surface area contributed by atoms with Crippen molar-refractivity contribution in [3.8, 4) is 0 Å². The average molecular weight is 273 g/mol. The van der Waals surface area contributed by atoms with Crippen molar-refractivity contribution < 1.29 is 4.79 Å². The molecule has 1 aromatic heterocycles. The number of amides is 1. The first-order chi connectivity index (χ1) is 9.78. The maximum absolute atomic E-state index is 11.5. The standard InChI is InChI=1S/C14H19N5O/c15-7-1-2-14(20)17-8-12-3-5-13(6-4-12)9-19-11-16-10-18-19/h3-6,10-11H,1-2,7-9,15H2,(H,17,20). The smallest absolute Gasteiger partial charge is 0.220 e. The molecule has 106 valence electrons. The monoisotopic (exact) mass is 273 g/mol. The first-order valence-electron chi connectivity index (χ1n) is 6.65. The lowest BCUT2D eigenvalue weighted by Crippen LogP contribution is -2.23. The Labute approximate surface area is 118 Å². The molecule has 0 aliphatic carbocycles. The lowest BCUT2D eigenvalue weighted by atomic mass is 10.1. The molecular weight excluding hydrogens is 254 g/mol. The Morgan fingerprint density at radius 3 is 2.65 bits per heavy atom. The molecule has 0 spiro atoms. The number of aromatic nitrogens is 3. The van der Waals surface area contributed by atoms with Gasteiger partial charge in [-0.15, -0.1) is 0 Å². The van der Waals surface area contributed by atoms with Gasteiger partial charge in [-0.3, -0.25) is 4.79 Å². The van der Waals surface area contributed by atoms with Gasteiger partial charge in [-0.1, -0.05) is 24.3 Å². The minimum atomic E-state index is 0.0437. The number of nitrogens with two attached hydrogens (primary N) is 1. The average Bonchev–Trinajstić information content (AvgIpc) is 2.97. The van der Waals surface area contributed by atoms with Crippen molar-refractivity contribution in [3.05, 3.63) is 48.0 Å². The van der Waals surface area contributed by atoms with Crippen molar-refractivity contribution in [1.82, 2.24) is 20.1 Å². The van der Waals surface area contributed by atoms with Crippen LogP contribution in [-0.2, 0) is 17.9 Å². The van der Waals surface area contributed by atoms with E-state index in [-0.39, 0.29) is 5.91 Å². The van der Waals surface area contributed by atoms with Gasteiger partial charge < -0.3 is 11.1 Å². The van der Waals surface area contributed by atoms with Crippen LogP contribution in [0.4, 0.5) is 0 Å². The van der Waals surface area contributed by atoms with Gasteiger partial charge >= 0.3 is 0 Å². The molecule has 6 nitrogen and oxygen atoms in total. The van der Waals surface area contributed by atoms with E-state index >= 15 is 0 Å². The van der Waals surface area contributed by atoms with Crippen LogP contribution in [0.3, 0.4) is 0 Å². The predicted octanol–water partition coefficient (Wildman–Crippen LogP) is 0.681. The van der Waals surface area contributed by atoms with Crippen LogP contribution in [0, 0.1) is 0 Å². The van der Waals surface area contributed by atoms with E-state index in [1.807, 2.05) is 24.3 Å². The number of hydrogen-bond donors (Lipinski definition) is 2. The number of nitrogens with one attached hydrogen (secondary N) is 1. The summed E-state index contributed by atoms with van der Waals surface area (Å²) in [4.78, 5) is 15.4. The van der Waals surface area contributed by atoms with Crippen molar-refractivity contribution in [3.63, 3.8) is 0 Å². The number of carbonyl (C=O) groups excluding carboxylic acids is 1. The van der Waals surface area contributed by atoms with Crippen LogP contribution in [-0.4, -0.2) is 27.2 Å². The van der Waals surface area contributed by atoms with Crippen LogP contribution < -0.4 is 11.1 Å². The molecule has 2 rings (SSSR count). The van der Waals surface area contributed by atoms with Crippen LogP contribution in [0.5, 0.6) is 0 Å². The Morgan fingerprint density at radius 1 is 1.25 bits per heavy atom. The molecule has 6 heteroatoms. The molecule has 0 aliphatic heterocycles. The molecule has 0 bridgehead atoms. The lowest BCUT2D eigenvalue weighted by molar-refractivity contribution is -0.121. The predicted molar refractivity (Wildman–Crippen MR) is 75.7 cm³/mol. The van der Waals surface area contributed by atoms with Gasteiger partial charge in [-0.05, 0) is 24.1 Å². The molecule has 0 saturated carbocycles. The van der Waals surface area contributed by atoms with E-state index in [4.69, 9.17) is 5.73 Å². The molecule has 0 fully saturated rings. The van der Waals surface area contributed by atoms with E-state index < -0.39 is 0 Å². The normalized spacial score (nSPS) is 10.4. The van der Waals surface area contributed by atoms with Gasteiger partial charge in [-0.25, -0.2) is 9.67 Å². The molecule has 1 heterocycles. The zero-order chi connectivity index (χ0) is 14.2. The maximum atomic E-state index is 11.5. The third kappa shape index (κ3) is 4.47. The summed E-state index contributed by atoms with van der Waals surface area (Å²) in [6.45, 7) is 1.79. The fourth-order valence-electron chi connectivity index (χ4n) is 1.82. The summed E-state index contributed by atoms with van der Waals surface area (Å²) in [5.41, 5.74) is 7.59. The molecule has 20 heavy (non-hydrogen) atoms. The summed E-state index contributed by atoms with van der Waals surface area (Å²) in [5, 5.41) is 6.94. The molecule has 0 saturated heterocycles. The second-order valence-corrected chi connectivity index (χ2v) is 4.58. The summed E-state index contributed by atoms with van der Waals surface area (Å²) >= 11 is 0. The Balaban J connectivity index is 1.81. The van der Waals surface area contributed by atoms with Gasteiger partial charge in [0.15, 0.2) is 0 Å². The van der Waals surface area contributed by atoms with E-state index in [2.05, 4.69) is 15.4 Å². The summed E-state index contributed by atoms with van der Waals surface area (Å²) in [7, 11) is 0. The van der Waals surface area contributed by atoms with Gasteiger partial charge in [0.1, 0.15) is 12.7 Å². The minimum Gasteiger partial charge on any atom is -0.352 e. The summed E-state index contributed by atoms with van der Waals surface area (Å²) in [6.07, 6.45) is 4.42. The van der Waals surface area contributed by atoms with Crippen molar-refractivity contribution in [2.24, 2.45) is 5.73 Å². The van der Waals surface area contributed by atoms with Crippen molar-refractivity contribution in [1.29, 1.82) is 0 Å². The molecule has 0 radical (unpaired) electrons. The second-order valence-electron chi connectivity index (χ2n) is 4.58. The first-order valence-corrected chi connectivity index (χ1v) is 6.65. The van der Waals surface area contributed by atoms with Gasteiger partial charge in [0.05, 0.1) is 6.54 Å². The van der Waals surface area contributed by atoms with Crippen molar-refractivity contribution in [2.45, 2.75) is 25.9 Å². The van der Waals surface area contributed by atoms with E-state index in [1.54, 1.807) is 11.0 Å². The van der Waals surface area contributed by atoms with Gasteiger partial charge in [0, 0.05) is 13.0 Å². The molecule has 1 aromatic carbocycles. The minimum absolute atomic E-state index is 0.0437. The van der Waals surface area contributed by atoms with Crippen LogP contribution in [0.2, 0.25) is 0 Å².